The van der Waals surface area contributed by atoms with Crippen LogP contribution in [0.4, 0.5) is 0 Å². The second kappa shape index (κ2) is 5.35. The van der Waals surface area contributed by atoms with E-state index in [4.69, 9.17) is 4.74 Å². The van der Waals surface area contributed by atoms with Crippen molar-refractivity contribution in [2.45, 2.75) is 13.8 Å². The summed E-state index contributed by atoms with van der Waals surface area (Å²) in [5.41, 5.74) is 1.83. The molecular weight excluding hydrogens is 150 g/mol. The summed E-state index contributed by atoms with van der Waals surface area (Å²) >= 11 is 0. The van der Waals surface area contributed by atoms with Crippen LogP contribution in [-0.4, -0.2) is 13.3 Å². The Morgan fingerprint density at radius 3 is 2.42 bits per heavy atom. The molecule has 0 rings (SSSR count). The maximum atomic E-state index is 5.29. The van der Waals surface area contributed by atoms with Gasteiger partial charge in [-0.1, -0.05) is 19.2 Å². The smallest absolute Gasteiger partial charge is 0.215 e. The summed E-state index contributed by atoms with van der Waals surface area (Å²) < 4.78 is 5.29. The van der Waals surface area contributed by atoms with Gasteiger partial charge in [-0.05, 0) is 26.1 Å². The molecule has 0 atom stereocenters. The van der Waals surface area contributed by atoms with Crippen LogP contribution in [0, 0.1) is 0 Å². The summed E-state index contributed by atoms with van der Waals surface area (Å²) in [5.74, 6) is 0.521. The van der Waals surface area contributed by atoms with Gasteiger partial charge < -0.3 is 4.74 Å². The van der Waals surface area contributed by atoms with Gasteiger partial charge >= 0.3 is 0 Å². The fourth-order valence-electron chi connectivity index (χ4n) is 0.563. The zero-order chi connectivity index (χ0) is 9.56. The standard InChI is InChI=1S/C10H15NO/c1-6-9(4)10(11-5)12-7-8(2)3/h6H,1-2,5,7H2,3-4H3/b10-9+. The molecule has 2 nitrogen and oxygen atoms in total. The van der Waals surface area contributed by atoms with E-state index >= 15 is 0 Å². The van der Waals surface area contributed by atoms with Crippen molar-refractivity contribution in [2.75, 3.05) is 6.61 Å². The third-order valence-corrected chi connectivity index (χ3v) is 1.24. The Morgan fingerprint density at radius 1 is 1.50 bits per heavy atom. The number of hydrogen-bond donors (Lipinski definition) is 0. The third kappa shape index (κ3) is 3.76. The molecule has 0 bridgehead atoms. The molecule has 0 aromatic carbocycles. The zero-order valence-electron chi connectivity index (χ0n) is 7.76. The highest BCUT2D eigenvalue weighted by atomic mass is 16.5. The largest absolute Gasteiger partial charge is 0.473 e. The lowest BCUT2D eigenvalue weighted by molar-refractivity contribution is 0.235. The maximum Gasteiger partial charge on any atom is 0.215 e. The molecule has 0 fully saturated rings. The van der Waals surface area contributed by atoms with Crippen molar-refractivity contribution in [3.8, 4) is 0 Å². The highest BCUT2D eigenvalue weighted by molar-refractivity contribution is 5.30. The first-order chi connectivity index (χ1) is 5.61. The van der Waals surface area contributed by atoms with Crippen molar-refractivity contribution in [3.05, 3.63) is 36.3 Å². The number of allylic oxidation sites excluding steroid dienone is 2. The van der Waals surface area contributed by atoms with E-state index in [1.54, 1.807) is 6.08 Å². The SMILES string of the molecule is C=C/C(C)=C(\N=C)OCC(=C)C. The molecule has 0 aliphatic rings. The van der Waals surface area contributed by atoms with Gasteiger partial charge in [0.1, 0.15) is 6.61 Å². The van der Waals surface area contributed by atoms with Crippen molar-refractivity contribution < 1.29 is 4.74 Å². The van der Waals surface area contributed by atoms with E-state index in [-0.39, 0.29) is 0 Å². The van der Waals surface area contributed by atoms with Crippen molar-refractivity contribution in [2.24, 2.45) is 4.99 Å². The van der Waals surface area contributed by atoms with Crippen LogP contribution in [0.2, 0.25) is 0 Å². The number of aliphatic imine (C=N–C) groups is 1. The van der Waals surface area contributed by atoms with E-state index < -0.39 is 0 Å². The molecule has 0 aromatic heterocycles. The second-order valence-electron chi connectivity index (χ2n) is 2.60. The van der Waals surface area contributed by atoms with Gasteiger partial charge in [0, 0.05) is 5.57 Å². The molecule has 12 heavy (non-hydrogen) atoms. The number of rotatable bonds is 5. The lowest BCUT2D eigenvalue weighted by atomic mass is 10.3. The average Bonchev–Trinajstić information content (AvgIpc) is 2.04. The van der Waals surface area contributed by atoms with Crippen LogP contribution in [0.15, 0.2) is 41.3 Å². The molecule has 66 valence electrons. The minimum atomic E-state index is 0.472. The van der Waals surface area contributed by atoms with E-state index in [0.29, 0.717) is 12.5 Å². The van der Waals surface area contributed by atoms with Gasteiger partial charge in [0.15, 0.2) is 0 Å². The Kier molecular flexibility index (Phi) is 4.77. The first-order valence-electron chi connectivity index (χ1n) is 3.69. The molecule has 0 radical (unpaired) electrons. The summed E-state index contributed by atoms with van der Waals surface area (Å²) in [6.45, 7) is 15.0. The predicted octanol–water partition coefficient (Wildman–Crippen LogP) is 2.70. The molecule has 0 aliphatic carbocycles. The second-order valence-corrected chi connectivity index (χ2v) is 2.60. The summed E-state index contributed by atoms with van der Waals surface area (Å²) in [6, 6.07) is 0. The summed E-state index contributed by atoms with van der Waals surface area (Å²) in [7, 11) is 0. The maximum absolute atomic E-state index is 5.29. The number of ether oxygens (including phenoxy) is 1. The summed E-state index contributed by atoms with van der Waals surface area (Å²) in [5, 5.41) is 0. The lowest BCUT2D eigenvalue weighted by Crippen LogP contribution is -1.95. The predicted molar refractivity (Wildman–Crippen MR) is 53.2 cm³/mol. The molecule has 0 saturated carbocycles. The molecule has 0 saturated heterocycles. The van der Waals surface area contributed by atoms with Crippen LogP contribution in [0.5, 0.6) is 0 Å². The van der Waals surface area contributed by atoms with Crippen LogP contribution in [-0.2, 0) is 4.74 Å². The van der Waals surface area contributed by atoms with E-state index in [2.05, 4.69) is 24.9 Å². The molecule has 0 N–H and O–H groups in total. The van der Waals surface area contributed by atoms with E-state index in [1.807, 2.05) is 13.8 Å². The quantitative estimate of drug-likeness (QED) is 0.265. The van der Waals surface area contributed by atoms with Crippen LogP contribution in [0.3, 0.4) is 0 Å². The Bertz CT molecular complexity index is 226. The molecule has 0 amide bonds. The topological polar surface area (TPSA) is 21.6 Å². The summed E-state index contributed by atoms with van der Waals surface area (Å²) in [6.07, 6.45) is 1.68. The molecule has 0 aliphatic heterocycles. The number of nitrogens with zero attached hydrogens (tertiary/aromatic N) is 1. The van der Waals surface area contributed by atoms with Gasteiger partial charge in [0.05, 0.1) is 0 Å². The Labute approximate surface area is 74.0 Å². The summed E-state index contributed by atoms with van der Waals surface area (Å²) in [4.78, 5) is 3.73. The van der Waals surface area contributed by atoms with Crippen molar-refractivity contribution >= 4 is 6.72 Å². The van der Waals surface area contributed by atoms with Crippen molar-refractivity contribution in [1.29, 1.82) is 0 Å². The normalized spacial score (nSPS) is 11.5. The Balaban J connectivity index is 4.27. The monoisotopic (exact) mass is 165 g/mol. The van der Waals surface area contributed by atoms with Crippen molar-refractivity contribution in [1.82, 2.24) is 0 Å². The average molecular weight is 165 g/mol. The Hall–Kier alpha value is -1.31. The zero-order valence-corrected chi connectivity index (χ0v) is 7.76. The van der Waals surface area contributed by atoms with Crippen LogP contribution >= 0.6 is 0 Å². The first kappa shape index (κ1) is 10.7. The molecule has 2 heteroatoms. The molecule has 0 spiro atoms. The van der Waals surface area contributed by atoms with Crippen LogP contribution in [0.25, 0.3) is 0 Å². The van der Waals surface area contributed by atoms with Gasteiger partial charge in [-0.3, -0.25) is 0 Å². The molecule has 0 unspecified atom stereocenters. The highest BCUT2D eigenvalue weighted by Crippen LogP contribution is 2.08. The Morgan fingerprint density at radius 2 is 2.08 bits per heavy atom. The number of hydrogen-bond acceptors (Lipinski definition) is 2. The molecular formula is C10H15NO. The minimum Gasteiger partial charge on any atom is -0.473 e. The van der Waals surface area contributed by atoms with Crippen molar-refractivity contribution in [3.63, 3.8) is 0 Å². The fourth-order valence-corrected chi connectivity index (χ4v) is 0.563. The highest BCUT2D eigenvalue weighted by Gasteiger charge is 1.97. The molecule has 0 heterocycles. The van der Waals surface area contributed by atoms with E-state index in [1.165, 1.54) is 0 Å². The van der Waals surface area contributed by atoms with E-state index in [9.17, 15) is 0 Å². The minimum absolute atomic E-state index is 0.472. The first-order valence-corrected chi connectivity index (χ1v) is 3.69. The van der Waals surface area contributed by atoms with Gasteiger partial charge in [-0.25, -0.2) is 4.99 Å². The van der Waals surface area contributed by atoms with Gasteiger partial charge in [-0.15, -0.1) is 0 Å². The van der Waals surface area contributed by atoms with Crippen LogP contribution < -0.4 is 0 Å². The van der Waals surface area contributed by atoms with Gasteiger partial charge in [-0.2, -0.15) is 0 Å². The van der Waals surface area contributed by atoms with Crippen LogP contribution in [0.1, 0.15) is 13.8 Å². The lowest BCUT2D eigenvalue weighted by Gasteiger charge is -2.06. The molecule has 0 aromatic rings. The fraction of sp³-hybridized carbons (Fsp3) is 0.300. The van der Waals surface area contributed by atoms with E-state index in [0.717, 1.165) is 11.1 Å². The third-order valence-electron chi connectivity index (χ3n) is 1.24. The van der Waals surface area contributed by atoms with Gasteiger partial charge in [0.2, 0.25) is 5.88 Å². The van der Waals surface area contributed by atoms with Gasteiger partial charge in [0.25, 0.3) is 0 Å².